The Morgan fingerprint density at radius 3 is 2.73 bits per heavy atom. The molecule has 2 rings (SSSR count). The average Bonchev–Trinajstić information content (AvgIpc) is 2.60. The molecule has 1 heterocycles. The van der Waals surface area contributed by atoms with Crippen molar-refractivity contribution in [3.05, 3.63) is 28.8 Å². The van der Waals surface area contributed by atoms with Crippen LogP contribution in [0, 0.1) is 13.8 Å². The van der Waals surface area contributed by atoms with Crippen LogP contribution in [0.15, 0.2) is 12.1 Å². The number of piperazine rings is 1. The third kappa shape index (κ3) is 4.72. The summed E-state index contributed by atoms with van der Waals surface area (Å²) < 4.78 is 5.34. The molecule has 1 aliphatic heterocycles. The molecule has 1 atom stereocenters. The minimum Gasteiger partial charge on any atom is -0.496 e. The summed E-state index contributed by atoms with van der Waals surface area (Å²) in [6.07, 6.45) is -0.0205. The number of benzene rings is 1. The van der Waals surface area contributed by atoms with Gasteiger partial charge in [0.25, 0.3) is 0 Å². The summed E-state index contributed by atoms with van der Waals surface area (Å²) in [5.74, 6) is -0.357. The van der Waals surface area contributed by atoms with Crippen molar-refractivity contribution in [1.29, 1.82) is 0 Å². The topological polar surface area (TPSA) is 114 Å². The molecule has 4 N–H and O–H groups in total. The number of rotatable bonds is 7. The number of nitrogens with zero attached hydrogens (tertiary/aromatic N) is 1. The van der Waals surface area contributed by atoms with E-state index in [1.165, 1.54) is 0 Å². The molecule has 1 fully saturated rings. The second kappa shape index (κ2) is 8.66. The number of hydrogen-bond acceptors (Lipinski definition) is 5. The molecule has 1 aromatic carbocycles. The van der Waals surface area contributed by atoms with Crippen molar-refractivity contribution in [3.8, 4) is 5.75 Å². The van der Waals surface area contributed by atoms with E-state index in [1.807, 2.05) is 30.9 Å². The van der Waals surface area contributed by atoms with Crippen LogP contribution in [-0.4, -0.2) is 55.4 Å². The first-order chi connectivity index (χ1) is 12.3. The molecule has 3 amide bonds. The van der Waals surface area contributed by atoms with Gasteiger partial charge in [-0.05, 0) is 36.6 Å². The maximum atomic E-state index is 12.3. The largest absolute Gasteiger partial charge is 0.496 e. The van der Waals surface area contributed by atoms with E-state index in [-0.39, 0.29) is 24.8 Å². The van der Waals surface area contributed by atoms with E-state index in [4.69, 9.17) is 10.5 Å². The van der Waals surface area contributed by atoms with Crippen molar-refractivity contribution in [1.82, 2.24) is 15.5 Å². The van der Waals surface area contributed by atoms with Crippen LogP contribution in [-0.2, 0) is 20.9 Å². The summed E-state index contributed by atoms with van der Waals surface area (Å²) in [7, 11) is 1.64. The van der Waals surface area contributed by atoms with Gasteiger partial charge in [-0.2, -0.15) is 0 Å². The van der Waals surface area contributed by atoms with E-state index in [1.54, 1.807) is 7.11 Å². The van der Waals surface area contributed by atoms with Gasteiger partial charge in [0, 0.05) is 19.6 Å². The van der Waals surface area contributed by atoms with Crippen LogP contribution in [0.1, 0.15) is 23.1 Å². The molecule has 0 aromatic heterocycles. The van der Waals surface area contributed by atoms with Crippen molar-refractivity contribution in [2.45, 2.75) is 32.9 Å². The first kappa shape index (κ1) is 19.7. The molecule has 1 aliphatic rings. The summed E-state index contributed by atoms with van der Waals surface area (Å²) in [5, 5.41) is 5.22. The van der Waals surface area contributed by atoms with Gasteiger partial charge < -0.3 is 21.1 Å². The maximum Gasteiger partial charge on any atom is 0.237 e. The number of amides is 3. The van der Waals surface area contributed by atoms with Crippen LogP contribution >= 0.6 is 0 Å². The summed E-state index contributed by atoms with van der Waals surface area (Å²) in [6.45, 7) is 5.51. The SMILES string of the molecule is COc1ccc(CN2CCNC(=O)[C@@H]2CC(=O)NCC(N)=O)c(C)c1C. The quantitative estimate of drug-likeness (QED) is 0.611. The van der Waals surface area contributed by atoms with Gasteiger partial charge in [-0.3, -0.25) is 19.3 Å². The highest BCUT2D eigenvalue weighted by Gasteiger charge is 2.32. The molecule has 8 nitrogen and oxygen atoms in total. The first-order valence-electron chi connectivity index (χ1n) is 8.53. The van der Waals surface area contributed by atoms with Crippen molar-refractivity contribution >= 4 is 17.7 Å². The molecule has 1 saturated heterocycles. The molecule has 0 unspecified atom stereocenters. The number of carbonyl (C=O) groups is 3. The lowest BCUT2D eigenvalue weighted by molar-refractivity contribution is -0.134. The van der Waals surface area contributed by atoms with E-state index >= 15 is 0 Å². The minimum absolute atomic E-state index is 0.0205. The van der Waals surface area contributed by atoms with Crippen molar-refractivity contribution in [2.75, 3.05) is 26.7 Å². The lowest BCUT2D eigenvalue weighted by Crippen LogP contribution is -2.56. The standard InChI is InChI=1S/C18H26N4O4/c1-11-12(2)15(26-3)5-4-13(11)10-22-7-6-20-18(25)14(22)8-17(24)21-9-16(19)23/h4-5,14H,6-10H2,1-3H3,(H2,19,23)(H,20,25)(H,21,24)/t14-/m0/s1. The molecule has 0 saturated carbocycles. The number of nitrogens with one attached hydrogen (secondary N) is 2. The summed E-state index contributed by atoms with van der Waals surface area (Å²) >= 11 is 0. The van der Waals surface area contributed by atoms with Gasteiger partial charge in [-0.1, -0.05) is 6.07 Å². The Bertz CT molecular complexity index is 705. The molecule has 26 heavy (non-hydrogen) atoms. The first-order valence-corrected chi connectivity index (χ1v) is 8.53. The van der Waals surface area contributed by atoms with Gasteiger partial charge in [0.15, 0.2) is 0 Å². The third-order valence-corrected chi connectivity index (χ3v) is 4.72. The third-order valence-electron chi connectivity index (χ3n) is 4.72. The average molecular weight is 362 g/mol. The lowest BCUT2D eigenvalue weighted by Gasteiger charge is -2.35. The van der Waals surface area contributed by atoms with E-state index in [2.05, 4.69) is 10.6 Å². The predicted molar refractivity (Wildman–Crippen MR) is 96.5 cm³/mol. The number of ether oxygens (including phenoxy) is 1. The Balaban J connectivity index is 2.12. The smallest absolute Gasteiger partial charge is 0.237 e. The summed E-state index contributed by atoms with van der Waals surface area (Å²) in [4.78, 5) is 37.1. The molecule has 0 spiro atoms. The zero-order valence-corrected chi connectivity index (χ0v) is 15.4. The Kier molecular flexibility index (Phi) is 6.57. The second-order valence-electron chi connectivity index (χ2n) is 6.40. The van der Waals surface area contributed by atoms with Crippen molar-refractivity contribution in [3.63, 3.8) is 0 Å². The number of methoxy groups -OCH3 is 1. The van der Waals surface area contributed by atoms with Gasteiger partial charge >= 0.3 is 0 Å². The van der Waals surface area contributed by atoms with E-state index in [0.717, 1.165) is 22.4 Å². The normalized spacial score (nSPS) is 17.5. The number of primary amides is 1. The maximum absolute atomic E-state index is 12.3. The number of nitrogens with two attached hydrogens (primary N) is 1. The van der Waals surface area contributed by atoms with E-state index in [0.29, 0.717) is 19.6 Å². The molecular weight excluding hydrogens is 336 g/mol. The highest BCUT2D eigenvalue weighted by Crippen LogP contribution is 2.25. The van der Waals surface area contributed by atoms with Crippen molar-refractivity contribution in [2.24, 2.45) is 5.73 Å². The van der Waals surface area contributed by atoms with Gasteiger partial charge in [0.2, 0.25) is 17.7 Å². The summed E-state index contributed by atoms with van der Waals surface area (Å²) in [6, 6.07) is 3.31. The fourth-order valence-electron chi connectivity index (χ4n) is 3.07. The molecule has 0 radical (unpaired) electrons. The number of hydrogen-bond donors (Lipinski definition) is 3. The highest BCUT2D eigenvalue weighted by atomic mass is 16.5. The minimum atomic E-state index is -0.618. The van der Waals surface area contributed by atoms with E-state index in [9.17, 15) is 14.4 Å². The van der Waals surface area contributed by atoms with Gasteiger partial charge in [0.1, 0.15) is 5.75 Å². The molecule has 8 heteroatoms. The fraction of sp³-hybridized carbons (Fsp3) is 0.500. The van der Waals surface area contributed by atoms with E-state index < -0.39 is 11.9 Å². The Morgan fingerprint density at radius 2 is 2.08 bits per heavy atom. The predicted octanol–water partition coefficient (Wildman–Crippen LogP) is -0.396. The zero-order chi connectivity index (χ0) is 19.3. The molecule has 1 aromatic rings. The fourth-order valence-corrected chi connectivity index (χ4v) is 3.07. The van der Waals surface area contributed by atoms with Crippen LogP contribution in [0.5, 0.6) is 5.75 Å². The Hall–Kier alpha value is -2.61. The molecule has 0 aliphatic carbocycles. The van der Waals surface area contributed by atoms with Gasteiger partial charge in [-0.25, -0.2) is 0 Å². The van der Waals surface area contributed by atoms with Gasteiger partial charge in [-0.15, -0.1) is 0 Å². The molecule has 142 valence electrons. The number of carbonyl (C=O) groups excluding carboxylic acids is 3. The molecular formula is C18H26N4O4. The van der Waals surface area contributed by atoms with Crippen LogP contribution in [0.2, 0.25) is 0 Å². The van der Waals surface area contributed by atoms with Crippen LogP contribution in [0.4, 0.5) is 0 Å². The summed E-state index contributed by atoms with van der Waals surface area (Å²) in [5.41, 5.74) is 8.28. The zero-order valence-electron chi connectivity index (χ0n) is 15.4. The van der Waals surface area contributed by atoms with Gasteiger partial charge in [0.05, 0.1) is 26.1 Å². The lowest BCUT2D eigenvalue weighted by atomic mass is 10.00. The molecule has 0 bridgehead atoms. The van der Waals surface area contributed by atoms with Crippen LogP contribution in [0.3, 0.4) is 0 Å². The van der Waals surface area contributed by atoms with Crippen LogP contribution < -0.4 is 21.1 Å². The Morgan fingerprint density at radius 1 is 1.35 bits per heavy atom. The van der Waals surface area contributed by atoms with Crippen molar-refractivity contribution < 1.29 is 19.1 Å². The second-order valence-corrected chi connectivity index (χ2v) is 6.40. The highest BCUT2D eigenvalue weighted by molar-refractivity contribution is 5.90. The van der Waals surface area contributed by atoms with Crippen LogP contribution in [0.25, 0.3) is 0 Å². The monoisotopic (exact) mass is 362 g/mol. The Labute approximate surface area is 153 Å².